The molecule has 0 aliphatic carbocycles. The van der Waals surface area contributed by atoms with E-state index < -0.39 is 27.1 Å². The Bertz CT molecular complexity index is 1280. The summed E-state index contributed by atoms with van der Waals surface area (Å²) in [4.78, 5) is 13.4. The Kier molecular flexibility index (Phi) is 6.75. The van der Waals surface area contributed by atoms with Crippen molar-refractivity contribution in [2.24, 2.45) is 0 Å². The van der Waals surface area contributed by atoms with Crippen LogP contribution >= 0.6 is 11.6 Å². The fourth-order valence-corrected chi connectivity index (χ4v) is 3.64. The average Bonchev–Trinajstić information content (AvgIpc) is 2.71. The van der Waals surface area contributed by atoms with E-state index in [4.69, 9.17) is 16.3 Å². The van der Waals surface area contributed by atoms with E-state index in [1.165, 1.54) is 44.3 Å². The number of hydrogen-bond acceptors (Lipinski definition) is 7. The topological polar surface area (TPSA) is 119 Å². The first-order valence-electron chi connectivity index (χ1n) is 9.60. The standard InChI is InChI=1S/C22H23ClN2O6S/c1-22(2,28)19(26)13-31-20-18(14-7-9-17(10-8-14)32(3,29)30)12-24-25(21(20)27)16-6-4-5-15(23)11-16/h4-12,19,26,28H,13H2,1-3H3/t19-/m1/s1. The maximum atomic E-state index is 13.3. The summed E-state index contributed by atoms with van der Waals surface area (Å²) in [5.74, 6) is -0.115. The molecule has 2 N–H and O–H groups in total. The van der Waals surface area contributed by atoms with Crippen molar-refractivity contribution in [2.75, 3.05) is 12.9 Å². The number of sulfone groups is 1. The molecule has 0 fully saturated rings. The number of aromatic nitrogens is 2. The molecule has 1 heterocycles. The smallest absolute Gasteiger partial charge is 0.314 e. The SMILES string of the molecule is CC(C)(O)[C@H](O)COc1c(-c2ccc(S(C)(=O)=O)cc2)cnn(-c2cccc(Cl)c2)c1=O. The number of benzene rings is 2. The molecule has 0 unspecified atom stereocenters. The average molecular weight is 479 g/mol. The van der Waals surface area contributed by atoms with Gasteiger partial charge >= 0.3 is 5.56 Å². The van der Waals surface area contributed by atoms with Crippen LogP contribution in [-0.2, 0) is 9.84 Å². The minimum absolute atomic E-state index is 0.115. The van der Waals surface area contributed by atoms with Crippen molar-refractivity contribution < 1.29 is 23.4 Å². The third-order valence-corrected chi connectivity index (χ3v) is 6.14. The third-order valence-electron chi connectivity index (χ3n) is 4.78. The van der Waals surface area contributed by atoms with E-state index in [2.05, 4.69) is 5.10 Å². The lowest BCUT2D eigenvalue weighted by Crippen LogP contribution is -2.40. The predicted octanol–water partition coefficient (Wildman–Crippen LogP) is 2.47. The molecule has 3 rings (SSSR count). The molecular weight excluding hydrogens is 456 g/mol. The fraction of sp³-hybridized carbons (Fsp3) is 0.273. The van der Waals surface area contributed by atoms with E-state index in [1.807, 2.05) is 0 Å². The molecule has 2 aromatic carbocycles. The maximum Gasteiger partial charge on any atom is 0.314 e. The molecule has 10 heteroatoms. The van der Waals surface area contributed by atoms with Crippen LogP contribution in [0, 0.1) is 0 Å². The zero-order chi connectivity index (χ0) is 23.7. The summed E-state index contributed by atoms with van der Waals surface area (Å²) < 4.78 is 30.3. The summed E-state index contributed by atoms with van der Waals surface area (Å²) in [7, 11) is -3.39. The second-order valence-corrected chi connectivity index (χ2v) is 10.3. The summed E-state index contributed by atoms with van der Waals surface area (Å²) in [6.45, 7) is 2.48. The lowest BCUT2D eigenvalue weighted by atomic mass is 10.0. The first-order chi connectivity index (χ1) is 14.9. The van der Waals surface area contributed by atoms with Crippen LogP contribution in [0.5, 0.6) is 5.75 Å². The van der Waals surface area contributed by atoms with E-state index >= 15 is 0 Å². The van der Waals surface area contributed by atoms with Gasteiger partial charge in [0.25, 0.3) is 0 Å². The Labute approximate surface area is 190 Å². The van der Waals surface area contributed by atoms with Gasteiger partial charge in [0.1, 0.15) is 12.7 Å². The lowest BCUT2D eigenvalue weighted by Gasteiger charge is -2.24. The number of rotatable bonds is 7. The number of ether oxygens (including phenoxy) is 1. The molecule has 0 aliphatic rings. The molecule has 0 saturated heterocycles. The number of aliphatic hydroxyl groups is 2. The summed E-state index contributed by atoms with van der Waals surface area (Å²) in [5, 5.41) is 24.8. The first-order valence-corrected chi connectivity index (χ1v) is 11.9. The van der Waals surface area contributed by atoms with Crippen LogP contribution in [-0.4, -0.2) is 53.0 Å². The largest absolute Gasteiger partial charge is 0.484 e. The van der Waals surface area contributed by atoms with Crippen molar-refractivity contribution in [3.8, 4) is 22.6 Å². The van der Waals surface area contributed by atoms with Crippen molar-refractivity contribution in [1.82, 2.24) is 9.78 Å². The van der Waals surface area contributed by atoms with Crippen molar-refractivity contribution in [3.05, 3.63) is 70.1 Å². The van der Waals surface area contributed by atoms with E-state index in [0.717, 1.165) is 10.9 Å². The number of aliphatic hydroxyl groups excluding tert-OH is 1. The van der Waals surface area contributed by atoms with Crippen LogP contribution in [0.25, 0.3) is 16.8 Å². The van der Waals surface area contributed by atoms with Gasteiger partial charge in [0.05, 0.1) is 22.4 Å². The second kappa shape index (κ2) is 9.03. The predicted molar refractivity (Wildman–Crippen MR) is 121 cm³/mol. The molecule has 0 saturated carbocycles. The van der Waals surface area contributed by atoms with Gasteiger partial charge in [-0.3, -0.25) is 4.79 Å². The fourth-order valence-electron chi connectivity index (χ4n) is 2.82. The van der Waals surface area contributed by atoms with E-state index in [9.17, 15) is 23.4 Å². The monoisotopic (exact) mass is 478 g/mol. The van der Waals surface area contributed by atoms with Gasteiger partial charge in [-0.1, -0.05) is 29.8 Å². The number of halogens is 1. The molecule has 0 radical (unpaired) electrons. The molecular formula is C22H23ClN2O6S. The van der Waals surface area contributed by atoms with Crippen LogP contribution in [0.15, 0.2) is 64.4 Å². The molecule has 8 nitrogen and oxygen atoms in total. The molecule has 0 aliphatic heterocycles. The van der Waals surface area contributed by atoms with Crippen LogP contribution in [0.3, 0.4) is 0 Å². The molecule has 170 valence electrons. The van der Waals surface area contributed by atoms with E-state index in [1.54, 1.807) is 24.3 Å². The zero-order valence-electron chi connectivity index (χ0n) is 17.7. The highest BCUT2D eigenvalue weighted by molar-refractivity contribution is 7.90. The van der Waals surface area contributed by atoms with E-state index in [-0.39, 0.29) is 17.3 Å². The molecule has 0 spiro atoms. The quantitative estimate of drug-likeness (QED) is 0.535. The Morgan fingerprint density at radius 1 is 1.19 bits per heavy atom. The van der Waals surface area contributed by atoms with Crippen LogP contribution < -0.4 is 10.3 Å². The Balaban J connectivity index is 2.12. The van der Waals surface area contributed by atoms with Gasteiger partial charge in [0, 0.05) is 16.8 Å². The second-order valence-electron chi connectivity index (χ2n) is 7.86. The highest BCUT2D eigenvalue weighted by Crippen LogP contribution is 2.28. The summed E-state index contributed by atoms with van der Waals surface area (Å²) in [6, 6.07) is 12.5. The number of hydrogen-bond donors (Lipinski definition) is 2. The zero-order valence-corrected chi connectivity index (χ0v) is 19.3. The van der Waals surface area contributed by atoms with Crippen LogP contribution in [0.1, 0.15) is 13.8 Å². The summed E-state index contributed by atoms with van der Waals surface area (Å²) in [5.41, 5.74) is -0.852. The van der Waals surface area contributed by atoms with Gasteiger partial charge in [0.2, 0.25) is 0 Å². The van der Waals surface area contributed by atoms with Gasteiger partial charge in [0.15, 0.2) is 15.6 Å². The highest BCUT2D eigenvalue weighted by Gasteiger charge is 2.26. The van der Waals surface area contributed by atoms with Gasteiger partial charge in [-0.05, 0) is 49.7 Å². The minimum Gasteiger partial charge on any atom is -0.484 e. The maximum absolute atomic E-state index is 13.3. The van der Waals surface area contributed by atoms with Crippen molar-refractivity contribution in [1.29, 1.82) is 0 Å². The normalized spacial score (nSPS) is 13.1. The number of nitrogens with zero attached hydrogens (tertiary/aromatic N) is 2. The summed E-state index contributed by atoms with van der Waals surface area (Å²) >= 11 is 6.03. The van der Waals surface area contributed by atoms with Crippen molar-refractivity contribution in [2.45, 2.75) is 30.4 Å². The van der Waals surface area contributed by atoms with Gasteiger partial charge < -0.3 is 14.9 Å². The molecule has 0 bridgehead atoms. The van der Waals surface area contributed by atoms with Gasteiger partial charge in [-0.25, -0.2) is 8.42 Å². The summed E-state index contributed by atoms with van der Waals surface area (Å²) in [6.07, 6.45) is 1.24. The van der Waals surface area contributed by atoms with Gasteiger partial charge in [-0.2, -0.15) is 9.78 Å². The third kappa shape index (κ3) is 5.36. The molecule has 3 aromatic rings. The Morgan fingerprint density at radius 3 is 2.41 bits per heavy atom. The Hall–Kier alpha value is -2.72. The highest BCUT2D eigenvalue weighted by atomic mass is 35.5. The minimum atomic E-state index is -3.39. The van der Waals surface area contributed by atoms with E-state index in [0.29, 0.717) is 21.8 Å². The lowest BCUT2D eigenvalue weighted by molar-refractivity contribution is -0.0663. The van der Waals surface area contributed by atoms with Crippen LogP contribution in [0.4, 0.5) is 0 Å². The molecule has 1 aromatic heterocycles. The Morgan fingerprint density at radius 2 is 1.84 bits per heavy atom. The molecule has 32 heavy (non-hydrogen) atoms. The van der Waals surface area contributed by atoms with Crippen molar-refractivity contribution >= 4 is 21.4 Å². The van der Waals surface area contributed by atoms with Crippen molar-refractivity contribution in [3.63, 3.8) is 0 Å². The first kappa shape index (κ1) is 23.9. The van der Waals surface area contributed by atoms with Gasteiger partial charge in [-0.15, -0.1) is 0 Å². The van der Waals surface area contributed by atoms with Crippen LogP contribution in [0.2, 0.25) is 5.02 Å². The molecule has 1 atom stereocenters. The molecule has 0 amide bonds.